The maximum absolute atomic E-state index is 14.4. The lowest BCUT2D eigenvalue weighted by Gasteiger charge is -2.38. The van der Waals surface area contributed by atoms with E-state index in [1.165, 1.54) is 4.90 Å². The van der Waals surface area contributed by atoms with Crippen molar-refractivity contribution in [3.63, 3.8) is 0 Å². The maximum atomic E-state index is 14.4. The molecule has 0 saturated carbocycles. The number of carbonyl (C=O) groups excluding carboxylic acids is 3. The predicted molar refractivity (Wildman–Crippen MR) is 150 cm³/mol. The molecule has 0 radical (unpaired) electrons. The van der Waals surface area contributed by atoms with Gasteiger partial charge in [-0.05, 0) is 12.0 Å². The Balaban J connectivity index is 1.35. The minimum Gasteiger partial charge on any atom is -0.395 e. The summed E-state index contributed by atoms with van der Waals surface area (Å²) in [5, 5.41) is 9.94. The Bertz CT molecular complexity index is 1220. The van der Waals surface area contributed by atoms with Gasteiger partial charge in [0, 0.05) is 52.4 Å². The van der Waals surface area contributed by atoms with Crippen LogP contribution in [-0.2, 0) is 30.4 Å². The number of nitrogens with zero attached hydrogens (tertiary/aromatic N) is 4. The summed E-state index contributed by atoms with van der Waals surface area (Å²) in [5.41, 5.74) is -1.31. The molecule has 1 aromatic carbocycles. The summed E-state index contributed by atoms with van der Waals surface area (Å²) >= 11 is 0. The summed E-state index contributed by atoms with van der Waals surface area (Å²) in [6.45, 7) is 7.13. The van der Waals surface area contributed by atoms with Gasteiger partial charge < -0.3 is 29.3 Å². The zero-order chi connectivity index (χ0) is 28.6. The van der Waals surface area contributed by atoms with Crippen LogP contribution >= 0.6 is 0 Å². The van der Waals surface area contributed by atoms with Gasteiger partial charge in [-0.3, -0.25) is 19.3 Å². The van der Waals surface area contributed by atoms with Crippen LogP contribution in [0, 0.1) is 11.8 Å². The van der Waals surface area contributed by atoms with Crippen LogP contribution in [0.1, 0.15) is 18.9 Å². The van der Waals surface area contributed by atoms with E-state index in [4.69, 9.17) is 9.47 Å². The molecule has 1 spiro atoms. The number of aliphatic hydroxyl groups excluding tert-OH is 1. The van der Waals surface area contributed by atoms with Crippen LogP contribution in [0.5, 0.6) is 0 Å². The second kappa shape index (κ2) is 11.3. The number of rotatable bonds is 8. The molecule has 1 unspecified atom stereocenters. The number of aliphatic hydroxyl groups is 1. The molecule has 1 N–H and O–H groups in total. The second-order valence-corrected chi connectivity index (χ2v) is 11.6. The molecule has 3 amide bonds. The van der Waals surface area contributed by atoms with Crippen molar-refractivity contribution >= 4 is 17.7 Å². The fourth-order valence-corrected chi connectivity index (χ4v) is 7.44. The number of hydrogen-bond acceptors (Lipinski definition) is 7. The molecule has 3 saturated heterocycles. The molecule has 3 fully saturated rings. The normalized spacial score (nSPS) is 33.6. The van der Waals surface area contributed by atoms with Gasteiger partial charge in [-0.2, -0.15) is 0 Å². The van der Waals surface area contributed by atoms with Crippen molar-refractivity contribution < 1.29 is 29.0 Å². The molecule has 5 aliphatic rings. The lowest BCUT2D eigenvalue weighted by Crippen LogP contribution is -2.57. The molecule has 0 aromatic heterocycles. The van der Waals surface area contributed by atoms with Crippen molar-refractivity contribution in [3.05, 3.63) is 60.2 Å². The molecule has 10 nitrogen and oxygen atoms in total. The Morgan fingerprint density at radius 2 is 1.61 bits per heavy atom. The summed E-state index contributed by atoms with van der Waals surface area (Å²) < 4.78 is 12.4. The van der Waals surface area contributed by atoms with E-state index >= 15 is 0 Å². The van der Waals surface area contributed by atoms with Crippen LogP contribution in [0.2, 0.25) is 0 Å². The van der Waals surface area contributed by atoms with Crippen LogP contribution in [-0.4, -0.2) is 125 Å². The van der Waals surface area contributed by atoms with Gasteiger partial charge in [0.15, 0.2) is 0 Å². The standard InChI is InChI=1S/C31H40N4O6/c1-2-30-10-6-13-34(22-23-8-4-3-5-9-23)27(37)24(30)25-28(38)35(16-19-36)26-29(39)33(12-7-11-31(25,26)41-30)15-14-32-17-20-40-21-18-32/h3-11,24-26,36H,2,12-22H2,1H3/t24-,25-,26?,30+,31-/m0/s1. The molecule has 5 atom stereocenters. The molecular weight excluding hydrogens is 524 g/mol. The predicted octanol–water partition coefficient (Wildman–Crippen LogP) is 0.669. The molecule has 220 valence electrons. The number of ether oxygens (including phenoxy) is 2. The molecule has 0 bridgehead atoms. The van der Waals surface area contributed by atoms with Gasteiger partial charge in [0.25, 0.3) is 0 Å². The van der Waals surface area contributed by atoms with E-state index in [0.29, 0.717) is 52.4 Å². The fourth-order valence-electron chi connectivity index (χ4n) is 7.44. The number of morpholine rings is 1. The zero-order valence-corrected chi connectivity index (χ0v) is 23.7. The van der Waals surface area contributed by atoms with Gasteiger partial charge in [0.05, 0.1) is 37.3 Å². The smallest absolute Gasteiger partial charge is 0.249 e. The van der Waals surface area contributed by atoms with E-state index < -0.39 is 29.1 Å². The summed E-state index contributed by atoms with van der Waals surface area (Å²) in [5.74, 6) is -2.30. The largest absolute Gasteiger partial charge is 0.395 e. The molecule has 5 aliphatic heterocycles. The topological polar surface area (TPSA) is 103 Å². The van der Waals surface area contributed by atoms with Crippen LogP contribution in [0.25, 0.3) is 0 Å². The summed E-state index contributed by atoms with van der Waals surface area (Å²) in [7, 11) is 0. The number of fused-ring (bicyclic) bond motifs is 2. The van der Waals surface area contributed by atoms with Gasteiger partial charge in [0.2, 0.25) is 17.7 Å². The highest BCUT2D eigenvalue weighted by Gasteiger charge is 2.75. The summed E-state index contributed by atoms with van der Waals surface area (Å²) in [6.07, 6.45) is 8.20. The first-order valence-corrected chi connectivity index (χ1v) is 14.8. The third-order valence-electron chi connectivity index (χ3n) is 9.45. The number of carbonyl (C=O) groups is 3. The Morgan fingerprint density at radius 3 is 2.34 bits per heavy atom. The van der Waals surface area contributed by atoms with Crippen molar-refractivity contribution in [3.8, 4) is 0 Å². The van der Waals surface area contributed by atoms with Crippen molar-refractivity contribution in [1.82, 2.24) is 19.6 Å². The first-order valence-electron chi connectivity index (χ1n) is 14.8. The van der Waals surface area contributed by atoms with E-state index in [-0.39, 0.29) is 30.9 Å². The molecule has 0 aliphatic carbocycles. The monoisotopic (exact) mass is 564 g/mol. The molecule has 6 rings (SSSR count). The highest BCUT2D eigenvalue weighted by atomic mass is 16.5. The summed E-state index contributed by atoms with van der Waals surface area (Å²) in [6, 6.07) is 8.86. The minimum absolute atomic E-state index is 0.00555. The van der Waals surface area contributed by atoms with Crippen LogP contribution in [0.15, 0.2) is 54.6 Å². The molecule has 1 aromatic rings. The van der Waals surface area contributed by atoms with Crippen molar-refractivity contribution in [2.45, 2.75) is 37.1 Å². The second-order valence-electron chi connectivity index (χ2n) is 11.6. The molecule has 5 heterocycles. The third-order valence-corrected chi connectivity index (χ3v) is 9.45. The van der Waals surface area contributed by atoms with E-state index in [1.54, 1.807) is 9.80 Å². The SMILES string of the molecule is CC[C@@]12C=CCN(Cc3ccccc3)C(=O)[C@@H]1[C@H]1C(=O)N(CCO)C3C(=O)N(CCN4CCOCC4)CC=C[C@@]31O2. The quantitative estimate of drug-likeness (QED) is 0.463. The molecule has 41 heavy (non-hydrogen) atoms. The third kappa shape index (κ3) is 4.70. The first kappa shape index (κ1) is 28.1. The maximum Gasteiger partial charge on any atom is 0.249 e. The lowest BCUT2D eigenvalue weighted by atomic mass is 9.73. The van der Waals surface area contributed by atoms with Crippen molar-refractivity contribution in [1.29, 1.82) is 0 Å². The Hall–Kier alpha value is -3.05. The first-order chi connectivity index (χ1) is 19.9. The van der Waals surface area contributed by atoms with Gasteiger partial charge in [0.1, 0.15) is 11.6 Å². The number of likely N-dealkylation sites (tertiary alicyclic amines) is 1. The van der Waals surface area contributed by atoms with Gasteiger partial charge in [-0.1, -0.05) is 61.6 Å². The highest BCUT2D eigenvalue weighted by molar-refractivity contribution is 6.00. The number of benzene rings is 1. The van der Waals surface area contributed by atoms with E-state index in [2.05, 4.69) is 4.90 Å². The van der Waals surface area contributed by atoms with Crippen molar-refractivity contribution in [2.75, 3.05) is 65.6 Å². The highest BCUT2D eigenvalue weighted by Crippen LogP contribution is 2.58. The Kier molecular flexibility index (Phi) is 7.76. The van der Waals surface area contributed by atoms with E-state index in [1.807, 2.05) is 61.6 Å². The number of hydrogen-bond donors (Lipinski definition) is 1. The van der Waals surface area contributed by atoms with Gasteiger partial charge >= 0.3 is 0 Å². The van der Waals surface area contributed by atoms with E-state index in [9.17, 15) is 19.5 Å². The summed E-state index contributed by atoms with van der Waals surface area (Å²) in [4.78, 5) is 50.2. The average Bonchev–Trinajstić information content (AvgIpc) is 3.28. The fraction of sp³-hybridized carbons (Fsp3) is 0.581. The van der Waals surface area contributed by atoms with Crippen LogP contribution in [0.3, 0.4) is 0 Å². The lowest BCUT2D eigenvalue weighted by molar-refractivity contribution is -0.154. The van der Waals surface area contributed by atoms with Gasteiger partial charge in [-0.15, -0.1) is 0 Å². The van der Waals surface area contributed by atoms with Crippen molar-refractivity contribution in [2.24, 2.45) is 11.8 Å². The molecular formula is C31H40N4O6. The van der Waals surface area contributed by atoms with Crippen LogP contribution < -0.4 is 0 Å². The number of amides is 3. The molecule has 10 heteroatoms. The van der Waals surface area contributed by atoms with E-state index in [0.717, 1.165) is 18.7 Å². The Labute approximate surface area is 241 Å². The van der Waals surface area contributed by atoms with Crippen LogP contribution in [0.4, 0.5) is 0 Å². The average molecular weight is 565 g/mol. The number of β-amino-alcohol motifs (C(OH)–C–C–N with tert-alkyl or cyclic N) is 1. The zero-order valence-electron chi connectivity index (χ0n) is 23.7. The minimum atomic E-state index is -1.30. The Morgan fingerprint density at radius 1 is 0.878 bits per heavy atom. The van der Waals surface area contributed by atoms with Gasteiger partial charge in [-0.25, -0.2) is 0 Å².